The maximum atomic E-state index is 11.7. The smallest absolute Gasteiger partial charge is 0.409 e. The monoisotopic (exact) mass is 227 g/mol. The third-order valence-electron chi connectivity index (χ3n) is 3.47. The molecule has 0 unspecified atom stereocenters. The number of hydrogen-bond acceptors (Lipinski definition) is 3. The molecule has 0 spiro atoms. The van der Waals surface area contributed by atoms with Crippen LogP contribution in [0.2, 0.25) is 0 Å². The minimum atomic E-state index is -0.192. The zero-order valence-electron chi connectivity index (χ0n) is 9.98. The Labute approximate surface area is 96.9 Å². The molecule has 0 radical (unpaired) electrons. The van der Waals surface area contributed by atoms with Crippen molar-refractivity contribution in [2.24, 2.45) is 5.92 Å². The molecule has 1 heterocycles. The molecule has 16 heavy (non-hydrogen) atoms. The molecule has 1 aliphatic carbocycles. The summed E-state index contributed by atoms with van der Waals surface area (Å²) in [5, 5.41) is 0. The molecule has 0 aromatic heterocycles. The van der Waals surface area contributed by atoms with Gasteiger partial charge in [0.15, 0.2) is 0 Å². The van der Waals surface area contributed by atoms with Crippen molar-refractivity contribution in [3.63, 3.8) is 0 Å². The molecule has 0 N–H and O–H groups in total. The standard InChI is InChI=1S/C12H21NO3/c1-13(8-10-4-2-3-5-10)12(14)16-11-6-7-15-9-11/h10-11H,2-9H2,1H3/t11-/m0/s1. The summed E-state index contributed by atoms with van der Waals surface area (Å²) in [6.07, 6.45) is 5.74. The van der Waals surface area contributed by atoms with Crippen molar-refractivity contribution < 1.29 is 14.3 Å². The molecule has 1 amide bonds. The highest BCUT2D eigenvalue weighted by molar-refractivity contribution is 5.67. The summed E-state index contributed by atoms with van der Waals surface area (Å²) in [6.45, 7) is 2.11. The fraction of sp³-hybridized carbons (Fsp3) is 0.917. The summed E-state index contributed by atoms with van der Waals surface area (Å²) in [4.78, 5) is 13.5. The number of hydrogen-bond donors (Lipinski definition) is 0. The van der Waals surface area contributed by atoms with E-state index in [0.717, 1.165) is 13.0 Å². The van der Waals surface area contributed by atoms with Gasteiger partial charge in [-0.2, -0.15) is 0 Å². The van der Waals surface area contributed by atoms with Crippen LogP contribution in [0.3, 0.4) is 0 Å². The third-order valence-corrected chi connectivity index (χ3v) is 3.47. The molecule has 92 valence electrons. The summed E-state index contributed by atoms with van der Waals surface area (Å²) in [6, 6.07) is 0. The van der Waals surface area contributed by atoms with Crippen LogP contribution >= 0.6 is 0 Å². The van der Waals surface area contributed by atoms with Gasteiger partial charge in [0.05, 0.1) is 13.2 Å². The predicted molar refractivity (Wildman–Crippen MR) is 60.3 cm³/mol. The Bertz CT molecular complexity index is 232. The SMILES string of the molecule is CN(CC1CCCC1)C(=O)O[C@H]1CCOC1. The van der Waals surface area contributed by atoms with E-state index in [9.17, 15) is 4.79 Å². The first kappa shape index (κ1) is 11.7. The van der Waals surface area contributed by atoms with Crippen LogP contribution in [0.1, 0.15) is 32.1 Å². The first-order valence-corrected chi connectivity index (χ1v) is 6.25. The highest BCUT2D eigenvalue weighted by Gasteiger charge is 2.24. The first-order valence-electron chi connectivity index (χ1n) is 6.25. The fourth-order valence-electron chi connectivity index (χ4n) is 2.49. The van der Waals surface area contributed by atoms with Crippen molar-refractivity contribution in [3.05, 3.63) is 0 Å². The molecule has 0 aromatic carbocycles. The van der Waals surface area contributed by atoms with Crippen molar-refractivity contribution in [1.82, 2.24) is 4.90 Å². The second-order valence-electron chi connectivity index (χ2n) is 4.90. The number of nitrogens with zero attached hydrogens (tertiary/aromatic N) is 1. The molecule has 2 rings (SSSR count). The summed E-state index contributed by atoms with van der Waals surface area (Å²) in [5.74, 6) is 0.678. The van der Waals surface area contributed by atoms with Gasteiger partial charge in [0.25, 0.3) is 0 Å². The van der Waals surface area contributed by atoms with Crippen molar-refractivity contribution in [2.75, 3.05) is 26.8 Å². The Kier molecular flexibility index (Phi) is 4.04. The van der Waals surface area contributed by atoms with Gasteiger partial charge in [-0.3, -0.25) is 0 Å². The van der Waals surface area contributed by atoms with Crippen molar-refractivity contribution in [3.8, 4) is 0 Å². The lowest BCUT2D eigenvalue weighted by Gasteiger charge is -2.22. The fourth-order valence-corrected chi connectivity index (χ4v) is 2.49. The van der Waals surface area contributed by atoms with Crippen LogP contribution in [0.4, 0.5) is 4.79 Å². The topological polar surface area (TPSA) is 38.8 Å². The molecule has 4 nitrogen and oxygen atoms in total. The largest absolute Gasteiger partial charge is 0.444 e. The first-order chi connectivity index (χ1) is 7.75. The molecule has 1 saturated heterocycles. The summed E-state index contributed by atoms with van der Waals surface area (Å²) < 4.78 is 10.5. The molecule has 1 saturated carbocycles. The van der Waals surface area contributed by atoms with Crippen LogP contribution in [-0.4, -0.2) is 43.9 Å². The molecule has 0 bridgehead atoms. The van der Waals surface area contributed by atoms with Crippen LogP contribution < -0.4 is 0 Å². The lowest BCUT2D eigenvalue weighted by Crippen LogP contribution is -2.34. The number of amides is 1. The Hall–Kier alpha value is -0.770. The van der Waals surface area contributed by atoms with Crippen molar-refractivity contribution in [1.29, 1.82) is 0 Å². The second kappa shape index (κ2) is 5.53. The van der Waals surface area contributed by atoms with Crippen LogP contribution in [0.25, 0.3) is 0 Å². The average molecular weight is 227 g/mol. The zero-order valence-corrected chi connectivity index (χ0v) is 9.98. The van der Waals surface area contributed by atoms with Gasteiger partial charge in [0, 0.05) is 20.0 Å². The van der Waals surface area contributed by atoms with Gasteiger partial charge in [-0.25, -0.2) is 4.79 Å². The number of carbonyl (C=O) groups excluding carboxylic acids is 1. The highest BCUT2D eigenvalue weighted by atomic mass is 16.6. The van der Waals surface area contributed by atoms with E-state index >= 15 is 0 Å². The average Bonchev–Trinajstić information content (AvgIpc) is 2.90. The number of ether oxygens (including phenoxy) is 2. The summed E-state index contributed by atoms with van der Waals surface area (Å²) in [7, 11) is 1.83. The predicted octanol–water partition coefficient (Wildman–Crippen LogP) is 2.03. The molecule has 1 atom stereocenters. The van der Waals surface area contributed by atoms with Crippen molar-refractivity contribution >= 4 is 6.09 Å². The molecule has 4 heteroatoms. The van der Waals surface area contributed by atoms with E-state index in [1.165, 1.54) is 25.7 Å². The normalized spacial score (nSPS) is 25.9. The quantitative estimate of drug-likeness (QED) is 0.740. The molecule has 0 aromatic rings. The molecule has 2 fully saturated rings. The Balaban J connectivity index is 1.70. The Morgan fingerprint density at radius 3 is 2.75 bits per heavy atom. The lowest BCUT2D eigenvalue weighted by atomic mass is 10.1. The third kappa shape index (κ3) is 3.11. The van der Waals surface area contributed by atoms with E-state index in [0.29, 0.717) is 19.1 Å². The molecular weight excluding hydrogens is 206 g/mol. The number of rotatable bonds is 3. The van der Waals surface area contributed by atoms with Gasteiger partial charge in [-0.05, 0) is 18.8 Å². The van der Waals surface area contributed by atoms with Crippen LogP contribution in [0.5, 0.6) is 0 Å². The van der Waals surface area contributed by atoms with Gasteiger partial charge in [-0.1, -0.05) is 12.8 Å². The molecular formula is C12H21NO3. The zero-order chi connectivity index (χ0) is 11.4. The second-order valence-corrected chi connectivity index (χ2v) is 4.90. The molecule has 2 aliphatic rings. The Morgan fingerprint density at radius 2 is 2.12 bits per heavy atom. The number of carbonyl (C=O) groups is 1. The minimum absolute atomic E-state index is 0.0291. The maximum absolute atomic E-state index is 11.7. The van der Waals surface area contributed by atoms with Gasteiger partial charge >= 0.3 is 6.09 Å². The van der Waals surface area contributed by atoms with Gasteiger partial charge in [0.2, 0.25) is 0 Å². The van der Waals surface area contributed by atoms with Gasteiger partial charge < -0.3 is 14.4 Å². The minimum Gasteiger partial charge on any atom is -0.444 e. The van der Waals surface area contributed by atoms with Gasteiger partial charge in [0.1, 0.15) is 6.10 Å². The highest BCUT2D eigenvalue weighted by Crippen LogP contribution is 2.25. The van der Waals surface area contributed by atoms with E-state index in [-0.39, 0.29) is 12.2 Å². The maximum Gasteiger partial charge on any atom is 0.409 e. The summed E-state index contributed by atoms with van der Waals surface area (Å²) >= 11 is 0. The van der Waals surface area contributed by atoms with E-state index in [4.69, 9.17) is 9.47 Å². The molecule has 1 aliphatic heterocycles. The van der Waals surface area contributed by atoms with E-state index in [1.54, 1.807) is 4.90 Å². The van der Waals surface area contributed by atoms with E-state index in [2.05, 4.69) is 0 Å². The van der Waals surface area contributed by atoms with Gasteiger partial charge in [-0.15, -0.1) is 0 Å². The Morgan fingerprint density at radius 1 is 1.38 bits per heavy atom. The van der Waals surface area contributed by atoms with E-state index in [1.807, 2.05) is 7.05 Å². The summed E-state index contributed by atoms with van der Waals surface area (Å²) in [5.41, 5.74) is 0. The lowest BCUT2D eigenvalue weighted by molar-refractivity contribution is 0.0571. The van der Waals surface area contributed by atoms with Crippen molar-refractivity contribution in [2.45, 2.75) is 38.2 Å². The van der Waals surface area contributed by atoms with Crippen LogP contribution in [-0.2, 0) is 9.47 Å². The van der Waals surface area contributed by atoms with Crippen LogP contribution in [0.15, 0.2) is 0 Å². The van der Waals surface area contributed by atoms with E-state index < -0.39 is 0 Å². The van der Waals surface area contributed by atoms with Crippen LogP contribution in [0, 0.1) is 5.92 Å².